The molecule has 0 aliphatic rings. The Morgan fingerprint density at radius 1 is 0.652 bits per heavy atom. The molecule has 3 rings (SSSR count). The Labute approximate surface area is 138 Å². The van der Waals surface area contributed by atoms with Gasteiger partial charge in [-0.25, -0.2) is 0 Å². The van der Waals surface area contributed by atoms with Crippen molar-refractivity contribution in [3.05, 3.63) is 108 Å². The zero-order chi connectivity index (χ0) is 16.1. The van der Waals surface area contributed by atoms with E-state index in [0.29, 0.717) is 0 Å². The average molecular weight is 314 g/mol. The summed E-state index contributed by atoms with van der Waals surface area (Å²) in [5, 5.41) is 0. The summed E-state index contributed by atoms with van der Waals surface area (Å²) in [6.45, 7) is 0. The first-order chi connectivity index (χ1) is 11.3. The summed E-state index contributed by atoms with van der Waals surface area (Å²) in [5.41, 5.74) is 4.34. The minimum absolute atomic E-state index is 0.176. The van der Waals surface area contributed by atoms with Crippen molar-refractivity contribution in [2.75, 3.05) is 0 Å². The van der Waals surface area contributed by atoms with Crippen LogP contribution in [0.1, 0.15) is 16.7 Å². The van der Waals surface area contributed by atoms with Gasteiger partial charge in [-0.05, 0) is 0 Å². The van der Waals surface area contributed by atoms with Crippen molar-refractivity contribution < 1.29 is 4.79 Å². The second kappa shape index (κ2) is 6.75. The normalized spacial score (nSPS) is 10.7. The molecule has 3 aromatic carbocycles. The van der Waals surface area contributed by atoms with E-state index in [4.69, 9.17) is 0 Å². The predicted octanol–water partition coefficient (Wildman–Crippen LogP) is 4.96. The van der Waals surface area contributed by atoms with Crippen LogP contribution in [0.3, 0.4) is 0 Å². The minimum atomic E-state index is -0.939. The van der Waals surface area contributed by atoms with Gasteiger partial charge >= 0.3 is 138 Å². The maximum absolute atomic E-state index is 13.0. The van der Waals surface area contributed by atoms with Crippen LogP contribution in [0.15, 0.2) is 91.0 Å². The van der Waals surface area contributed by atoms with E-state index < -0.39 is 5.41 Å². The van der Waals surface area contributed by atoms with Gasteiger partial charge in [-0.15, -0.1) is 0 Å². The molecule has 0 N–H and O–H groups in total. The quantitative estimate of drug-likeness (QED) is 0.491. The number of carbonyl (C=O) groups excluding carboxylic acids is 1. The predicted molar refractivity (Wildman–Crippen MR) is 95.0 cm³/mol. The molecule has 0 radical (unpaired) electrons. The van der Waals surface area contributed by atoms with E-state index in [2.05, 4.69) is 14.3 Å². The van der Waals surface area contributed by atoms with Gasteiger partial charge < -0.3 is 0 Å². The van der Waals surface area contributed by atoms with Crippen molar-refractivity contribution in [2.24, 2.45) is 0 Å². The van der Waals surface area contributed by atoms with Gasteiger partial charge in [0.1, 0.15) is 0 Å². The number of hydrogen-bond donors (Lipinski definition) is 0. The van der Waals surface area contributed by atoms with Gasteiger partial charge in [-0.2, -0.15) is 0 Å². The van der Waals surface area contributed by atoms with Crippen LogP contribution in [0.5, 0.6) is 0 Å². The van der Waals surface area contributed by atoms with Crippen LogP contribution in [0, 0.1) is 5.63 Å². The number of carbonyl (C=O) groups is 1. The molecule has 0 amide bonds. The zero-order valence-corrected chi connectivity index (χ0v) is 13.4. The summed E-state index contributed by atoms with van der Waals surface area (Å²) >= 11 is 0. The van der Waals surface area contributed by atoms with Crippen LogP contribution in [0.4, 0.5) is 0 Å². The molecule has 2 heteroatoms. The second-order valence-corrected chi connectivity index (χ2v) is 5.51. The first-order valence-corrected chi connectivity index (χ1v) is 7.86. The third-order valence-electron chi connectivity index (χ3n) is 4.06. The molecule has 0 spiro atoms. The standard InChI is InChI=1S/C21H15OP/c22-20(16-23)21(17-10-4-1-5-11-17,18-12-6-2-7-13-18)19-14-8-3-9-15-19/h1-15H. The second-order valence-electron chi connectivity index (χ2n) is 5.29. The molecule has 0 unspecified atom stereocenters. The first kappa shape index (κ1) is 15.4. The van der Waals surface area contributed by atoms with Crippen molar-refractivity contribution in [2.45, 2.75) is 5.41 Å². The van der Waals surface area contributed by atoms with Crippen LogP contribution in [-0.2, 0) is 10.2 Å². The number of rotatable bonds is 4. The Kier molecular flexibility index (Phi) is 4.53. The molecule has 0 saturated heterocycles. The molecular formula is C21H15OP. The summed E-state index contributed by atoms with van der Waals surface area (Å²) in [7, 11) is 4.06. The summed E-state index contributed by atoms with van der Waals surface area (Å²) in [6, 6.07) is 29.4. The van der Waals surface area contributed by atoms with Gasteiger partial charge in [0.2, 0.25) is 0 Å². The molecule has 0 aromatic heterocycles. The molecule has 3 aromatic rings. The Morgan fingerprint density at radius 3 is 1.22 bits per heavy atom. The third kappa shape index (κ3) is 2.66. The fourth-order valence-electron chi connectivity index (χ4n) is 3.04. The molecule has 0 saturated carbocycles. The van der Waals surface area contributed by atoms with E-state index in [-0.39, 0.29) is 5.78 Å². The first-order valence-electron chi connectivity index (χ1n) is 7.41. The van der Waals surface area contributed by atoms with Gasteiger partial charge in [0.05, 0.1) is 0 Å². The van der Waals surface area contributed by atoms with Gasteiger partial charge in [-0.1, -0.05) is 0 Å². The van der Waals surface area contributed by atoms with Crippen molar-refractivity contribution in [3.63, 3.8) is 0 Å². The monoisotopic (exact) mass is 314 g/mol. The van der Waals surface area contributed by atoms with Gasteiger partial charge in [0.25, 0.3) is 0 Å². The van der Waals surface area contributed by atoms with Crippen molar-refractivity contribution in [3.8, 4) is 5.63 Å². The molecule has 0 aliphatic heterocycles. The van der Waals surface area contributed by atoms with Crippen molar-refractivity contribution >= 4 is 14.5 Å². The summed E-state index contributed by atoms with van der Waals surface area (Å²) in [5.74, 6) is -0.176. The number of ketones is 1. The van der Waals surface area contributed by atoms with Crippen molar-refractivity contribution in [1.82, 2.24) is 0 Å². The van der Waals surface area contributed by atoms with Gasteiger partial charge in [0, 0.05) is 0 Å². The molecule has 110 valence electrons. The Bertz CT molecular complexity index is 737. The Hall–Kier alpha value is -2.46. The van der Waals surface area contributed by atoms with E-state index in [1.807, 2.05) is 91.0 Å². The van der Waals surface area contributed by atoms with E-state index in [1.165, 1.54) is 0 Å². The maximum atomic E-state index is 13.0. The van der Waals surface area contributed by atoms with E-state index in [9.17, 15) is 4.79 Å². The van der Waals surface area contributed by atoms with Crippen LogP contribution >= 0.6 is 8.70 Å². The number of benzene rings is 3. The van der Waals surface area contributed by atoms with E-state index >= 15 is 0 Å². The topological polar surface area (TPSA) is 17.1 Å². The molecule has 23 heavy (non-hydrogen) atoms. The zero-order valence-electron chi connectivity index (χ0n) is 12.5. The van der Waals surface area contributed by atoms with Crippen LogP contribution in [0.25, 0.3) is 0 Å². The molecule has 0 heterocycles. The molecule has 0 atom stereocenters. The van der Waals surface area contributed by atoms with Crippen LogP contribution < -0.4 is 0 Å². The number of hydrogen-bond acceptors (Lipinski definition) is 1. The SMILES string of the molecule is O=C(C#P)C(c1ccccc1)(c1ccccc1)c1ccccc1. The van der Waals surface area contributed by atoms with E-state index in [1.54, 1.807) is 0 Å². The van der Waals surface area contributed by atoms with Crippen molar-refractivity contribution in [1.29, 1.82) is 0 Å². The van der Waals surface area contributed by atoms with Gasteiger partial charge in [0.15, 0.2) is 0 Å². The Morgan fingerprint density at radius 2 is 0.957 bits per heavy atom. The molecule has 0 bridgehead atoms. The number of Topliss-reactive ketones (excluding diaryl/α,β-unsaturated/α-hetero) is 1. The fourth-order valence-corrected chi connectivity index (χ4v) is 3.21. The van der Waals surface area contributed by atoms with Gasteiger partial charge in [-0.3, -0.25) is 0 Å². The Balaban J connectivity index is 2.41. The molecule has 0 aliphatic carbocycles. The summed E-state index contributed by atoms with van der Waals surface area (Å²) in [4.78, 5) is 13.0. The summed E-state index contributed by atoms with van der Waals surface area (Å²) < 4.78 is 0. The molecule has 0 fully saturated rings. The van der Waals surface area contributed by atoms with E-state index in [0.717, 1.165) is 16.7 Å². The molecule has 1 nitrogen and oxygen atoms in total. The summed E-state index contributed by atoms with van der Waals surface area (Å²) in [6.07, 6.45) is 0. The van der Waals surface area contributed by atoms with Crippen LogP contribution in [-0.4, -0.2) is 5.78 Å². The molecular weight excluding hydrogens is 299 g/mol. The van der Waals surface area contributed by atoms with Crippen LogP contribution in [0.2, 0.25) is 0 Å². The third-order valence-corrected chi connectivity index (χ3v) is 4.27. The fraction of sp³-hybridized carbons (Fsp3) is 0.0476. The average Bonchev–Trinajstić information content (AvgIpc) is 2.65.